The number of amides is 2. The monoisotopic (exact) mass is 344 g/mol. The van der Waals surface area contributed by atoms with Crippen molar-refractivity contribution in [2.45, 2.75) is 51.1 Å². The zero-order chi connectivity index (χ0) is 17.4. The van der Waals surface area contributed by atoms with E-state index in [1.54, 1.807) is 17.9 Å². The molecule has 0 spiro atoms. The highest BCUT2D eigenvalue weighted by molar-refractivity contribution is 5.75. The summed E-state index contributed by atoms with van der Waals surface area (Å²) in [7, 11) is 0. The summed E-state index contributed by atoms with van der Waals surface area (Å²) in [5.74, 6) is 0.792. The fourth-order valence-electron chi connectivity index (χ4n) is 3.88. The van der Waals surface area contributed by atoms with Crippen LogP contribution in [0.4, 0.5) is 9.18 Å². The normalized spacial score (nSPS) is 22.7. The maximum atomic E-state index is 13.6. The van der Waals surface area contributed by atoms with Gasteiger partial charge in [0.15, 0.2) is 5.82 Å². The second-order valence-corrected chi connectivity index (χ2v) is 6.76. The van der Waals surface area contributed by atoms with Gasteiger partial charge in [-0.3, -0.25) is 0 Å². The van der Waals surface area contributed by atoms with E-state index in [2.05, 4.69) is 15.5 Å². The molecule has 1 aromatic heterocycles. The fourth-order valence-corrected chi connectivity index (χ4v) is 3.88. The van der Waals surface area contributed by atoms with Crippen LogP contribution < -0.4 is 5.32 Å². The predicted molar refractivity (Wildman–Crippen MR) is 88.3 cm³/mol. The molecule has 1 aliphatic heterocycles. The molecule has 2 aromatic rings. The quantitative estimate of drug-likeness (QED) is 0.906. The van der Waals surface area contributed by atoms with E-state index in [4.69, 9.17) is 4.52 Å². The molecule has 0 radical (unpaired) electrons. The van der Waals surface area contributed by atoms with Crippen molar-refractivity contribution >= 4 is 6.03 Å². The number of likely N-dealkylation sites (tertiary alicyclic amines) is 1. The van der Waals surface area contributed by atoms with Crippen LogP contribution in [0.15, 0.2) is 22.7 Å². The smallest absolute Gasteiger partial charge is 0.318 e. The molecular weight excluding hydrogens is 323 g/mol. The molecule has 1 fully saturated rings. The number of hydrogen-bond donors (Lipinski definition) is 1. The van der Waals surface area contributed by atoms with E-state index in [0.29, 0.717) is 18.3 Å². The van der Waals surface area contributed by atoms with Gasteiger partial charge in [0.2, 0.25) is 5.89 Å². The number of nitrogens with zero attached hydrogens (tertiary/aromatic N) is 3. The number of rotatable bonds is 2. The fraction of sp³-hybridized carbons (Fsp3) is 0.500. The lowest BCUT2D eigenvalue weighted by atomic mass is 9.87. The lowest BCUT2D eigenvalue weighted by Gasteiger charge is -2.30. The van der Waals surface area contributed by atoms with Crippen molar-refractivity contribution in [1.82, 2.24) is 20.4 Å². The van der Waals surface area contributed by atoms with Crippen LogP contribution in [-0.4, -0.2) is 27.6 Å². The first-order valence-corrected chi connectivity index (χ1v) is 8.77. The van der Waals surface area contributed by atoms with Crippen molar-refractivity contribution in [2.24, 2.45) is 0 Å². The van der Waals surface area contributed by atoms with E-state index in [0.717, 1.165) is 43.2 Å². The average molecular weight is 344 g/mol. The molecule has 4 rings (SSSR count). The van der Waals surface area contributed by atoms with E-state index >= 15 is 0 Å². The van der Waals surface area contributed by atoms with Gasteiger partial charge in [-0.25, -0.2) is 9.18 Å². The zero-order valence-corrected chi connectivity index (χ0v) is 14.2. The second-order valence-electron chi connectivity index (χ2n) is 6.76. The van der Waals surface area contributed by atoms with Crippen molar-refractivity contribution in [3.63, 3.8) is 0 Å². The molecule has 7 heteroatoms. The predicted octanol–water partition coefficient (Wildman–Crippen LogP) is 3.44. The first kappa shape index (κ1) is 16.1. The molecule has 2 amide bonds. The standard InChI is InChI=1S/C18H21FN4O2/c1-11-20-17(22-25-11)16-6-3-9-23(16)18(24)21-15-5-2-4-12-7-8-13(19)10-14(12)15/h7-8,10,15-16H,2-6,9H2,1H3,(H,21,24)/t15-,16-/m0/s1. The third kappa shape index (κ3) is 3.10. The number of carbonyl (C=O) groups excluding carboxylic acids is 1. The molecule has 2 aliphatic rings. The molecule has 1 aromatic carbocycles. The van der Waals surface area contributed by atoms with Crippen LogP contribution in [0.2, 0.25) is 0 Å². The maximum absolute atomic E-state index is 13.6. The van der Waals surface area contributed by atoms with Gasteiger partial charge in [0.1, 0.15) is 5.82 Å². The third-order valence-corrected chi connectivity index (χ3v) is 5.07. The van der Waals surface area contributed by atoms with Gasteiger partial charge in [0.05, 0.1) is 12.1 Å². The van der Waals surface area contributed by atoms with Crippen molar-refractivity contribution < 1.29 is 13.7 Å². The molecule has 1 N–H and O–H groups in total. The van der Waals surface area contributed by atoms with Gasteiger partial charge in [0, 0.05) is 13.5 Å². The Morgan fingerprint density at radius 3 is 3.04 bits per heavy atom. The Hall–Kier alpha value is -2.44. The Morgan fingerprint density at radius 2 is 2.24 bits per heavy atom. The molecule has 0 saturated carbocycles. The molecule has 0 bridgehead atoms. The summed E-state index contributed by atoms with van der Waals surface area (Å²) in [6.07, 6.45) is 4.46. The number of nitrogens with one attached hydrogen (secondary N) is 1. The van der Waals surface area contributed by atoms with Gasteiger partial charge in [-0.1, -0.05) is 11.2 Å². The van der Waals surface area contributed by atoms with Gasteiger partial charge in [-0.15, -0.1) is 0 Å². The summed E-state index contributed by atoms with van der Waals surface area (Å²) < 4.78 is 18.7. The number of urea groups is 1. The Balaban J connectivity index is 1.52. The number of carbonyl (C=O) groups is 1. The van der Waals surface area contributed by atoms with E-state index in [1.807, 2.05) is 6.07 Å². The van der Waals surface area contributed by atoms with Crippen LogP contribution in [0.25, 0.3) is 0 Å². The zero-order valence-electron chi connectivity index (χ0n) is 14.2. The number of aromatic nitrogens is 2. The number of halogens is 1. The summed E-state index contributed by atoms with van der Waals surface area (Å²) in [5.41, 5.74) is 2.01. The van der Waals surface area contributed by atoms with Crippen molar-refractivity contribution in [2.75, 3.05) is 6.54 Å². The van der Waals surface area contributed by atoms with Gasteiger partial charge in [-0.2, -0.15) is 4.98 Å². The van der Waals surface area contributed by atoms with Gasteiger partial charge >= 0.3 is 6.03 Å². The number of benzene rings is 1. The highest BCUT2D eigenvalue weighted by atomic mass is 19.1. The van der Waals surface area contributed by atoms with Crippen LogP contribution >= 0.6 is 0 Å². The van der Waals surface area contributed by atoms with Gasteiger partial charge < -0.3 is 14.7 Å². The summed E-state index contributed by atoms with van der Waals surface area (Å²) in [6.45, 7) is 2.40. The van der Waals surface area contributed by atoms with Crippen LogP contribution in [0.3, 0.4) is 0 Å². The highest BCUT2D eigenvalue weighted by Gasteiger charge is 2.34. The minimum atomic E-state index is -0.263. The number of fused-ring (bicyclic) bond motifs is 1. The van der Waals surface area contributed by atoms with Crippen LogP contribution in [-0.2, 0) is 6.42 Å². The number of hydrogen-bond acceptors (Lipinski definition) is 4. The van der Waals surface area contributed by atoms with Gasteiger partial charge in [-0.05, 0) is 55.4 Å². The van der Waals surface area contributed by atoms with Crippen molar-refractivity contribution in [3.8, 4) is 0 Å². The molecule has 1 aliphatic carbocycles. The van der Waals surface area contributed by atoms with E-state index < -0.39 is 0 Å². The molecule has 1 saturated heterocycles. The topological polar surface area (TPSA) is 71.3 Å². The minimum absolute atomic E-state index is 0.146. The first-order valence-electron chi connectivity index (χ1n) is 8.77. The van der Waals surface area contributed by atoms with E-state index in [9.17, 15) is 9.18 Å². The summed E-state index contributed by atoms with van der Waals surface area (Å²) in [5, 5.41) is 7.05. The van der Waals surface area contributed by atoms with Crippen LogP contribution in [0, 0.1) is 12.7 Å². The lowest BCUT2D eigenvalue weighted by molar-refractivity contribution is 0.184. The molecule has 6 nitrogen and oxygen atoms in total. The van der Waals surface area contributed by atoms with E-state index in [1.165, 1.54) is 6.07 Å². The average Bonchev–Trinajstić information content (AvgIpc) is 3.24. The Bertz CT molecular complexity index is 791. The molecule has 2 atom stereocenters. The molecule has 0 unspecified atom stereocenters. The summed E-state index contributed by atoms with van der Waals surface area (Å²) >= 11 is 0. The molecule has 25 heavy (non-hydrogen) atoms. The lowest BCUT2D eigenvalue weighted by Crippen LogP contribution is -2.42. The minimum Gasteiger partial charge on any atom is -0.340 e. The SMILES string of the molecule is Cc1nc([C@@H]2CCCN2C(=O)N[C@H]2CCCc3ccc(F)cc32)no1. The van der Waals surface area contributed by atoms with Crippen molar-refractivity contribution in [3.05, 3.63) is 46.9 Å². The largest absolute Gasteiger partial charge is 0.340 e. The molecule has 2 heterocycles. The second kappa shape index (κ2) is 6.46. The van der Waals surface area contributed by atoms with Crippen LogP contribution in [0.5, 0.6) is 0 Å². The Morgan fingerprint density at radius 1 is 1.36 bits per heavy atom. The Labute approximate surface area is 145 Å². The summed E-state index contributed by atoms with van der Waals surface area (Å²) in [4.78, 5) is 18.9. The summed E-state index contributed by atoms with van der Waals surface area (Å²) in [6, 6.07) is 4.39. The number of aryl methyl sites for hydroxylation is 2. The maximum Gasteiger partial charge on any atom is 0.318 e. The van der Waals surface area contributed by atoms with E-state index in [-0.39, 0.29) is 23.9 Å². The van der Waals surface area contributed by atoms with Crippen molar-refractivity contribution in [1.29, 1.82) is 0 Å². The third-order valence-electron chi connectivity index (χ3n) is 5.07. The Kier molecular flexibility index (Phi) is 4.15. The molecule has 132 valence electrons. The highest BCUT2D eigenvalue weighted by Crippen LogP contribution is 2.33. The van der Waals surface area contributed by atoms with Crippen LogP contribution in [0.1, 0.15) is 60.6 Å². The first-order chi connectivity index (χ1) is 12.1. The molecular formula is C18H21FN4O2. The van der Waals surface area contributed by atoms with Gasteiger partial charge in [0.25, 0.3) is 0 Å².